The van der Waals surface area contributed by atoms with Crippen molar-refractivity contribution < 1.29 is 8.42 Å². The van der Waals surface area contributed by atoms with E-state index in [1.54, 1.807) is 12.1 Å². The SMILES string of the molecule is NS(=O)(=O)c1ccc(-c2cccc(-c3ccc4ccccc4n3)c2)cc1. The van der Waals surface area contributed by atoms with Crippen LogP contribution in [0.4, 0.5) is 0 Å². The van der Waals surface area contributed by atoms with E-state index in [-0.39, 0.29) is 4.90 Å². The molecule has 128 valence electrons. The largest absolute Gasteiger partial charge is 0.248 e. The van der Waals surface area contributed by atoms with Crippen LogP contribution < -0.4 is 5.14 Å². The van der Waals surface area contributed by atoms with Crippen molar-refractivity contribution in [1.82, 2.24) is 4.98 Å². The number of fused-ring (bicyclic) bond motifs is 1. The Morgan fingerprint density at radius 1 is 0.692 bits per heavy atom. The summed E-state index contributed by atoms with van der Waals surface area (Å²) in [5.41, 5.74) is 4.75. The first-order valence-electron chi connectivity index (χ1n) is 8.10. The van der Waals surface area contributed by atoms with E-state index < -0.39 is 10.0 Å². The monoisotopic (exact) mass is 360 g/mol. The van der Waals surface area contributed by atoms with Gasteiger partial charge in [-0.15, -0.1) is 0 Å². The summed E-state index contributed by atoms with van der Waals surface area (Å²) in [6, 6.07) is 26.6. The molecule has 4 nitrogen and oxygen atoms in total. The molecule has 4 aromatic rings. The number of sulfonamides is 1. The van der Waals surface area contributed by atoms with Crippen LogP contribution in [0.2, 0.25) is 0 Å². The van der Waals surface area contributed by atoms with Crippen LogP contribution in [0.15, 0.2) is 89.8 Å². The average Bonchev–Trinajstić information content (AvgIpc) is 2.67. The lowest BCUT2D eigenvalue weighted by Gasteiger charge is -2.07. The smallest absolute Gasteiger partial charge is 0.238 e. The molecule has 0 atom stereocenters. The fourth-order valence-electron chi connectivity index (χ4n) is 2.92. The highest BCUT2D eigenvalue weighted by molar-refractivity contribution is 7.89. The van der Waals surface area contributed by atoms with Crippen molar-refractivity contribution in [2.45, 2.75) is 4.90 Å². The molecule has 0 aliphatic rings. The Hall–Kier alpha value is -3.02. The highest BCUT2D eigenvalue weighted by atomic mass is 32.2. The normalized spacial score (nSPS) is 11.6. The van der Waals surface area contributed by atoms with E-state index in [0.29, 0.717) is 0 Å². The third-order valence-electron chi connectivity index (χ3n) is 4.27. The molecule has 3 aromatic carbocycles. The summed E-state index contributed by atoms with van der Waals surface area (Å²) in [6.45, 7) is 0. The lowest BCUT2D eigenvalue weighted by molar-refractivity contribution is 0.598. The van der Waals surface area contributed by atoms with Crippen LogP contribution in [-0.2, 0) is 10.0 Å². The number of rotatable bonds is 3. The number of hydrogen-bond donors (Lipinski definition) is 1. The van der Waals surface area contributed by atoms with Crippen LogP contribution in [0.1, 0.15) is 0 Å². The standard InChI is InChI=1S/C21H16N2O2S/c22-26(24,25)19-11-8-15(9-12-19)17-5-3-6-18(14-17)21-13-10-16-4-1-2-7-20(16)23-21/h1-14H,(H2,22,24,25). The molecule has 0 fully saturated rings. The molecule has 0 unspecified atom stereocenters. The Morgan fingerprint density at radius 3 is 2.19 bits per heavy atom. The third kappa shape index (κ3) is 3.22. The van der Waals surface area contributed by atoms with E-state index in [2.05, 4.69) is 6.07 Å². The Bertz CT molecular complexity index is 1200. The second kappa shape index (κ2) is 6.37. The van der Waals surface area contributed by atoms with Gasteiger partial charge in [0.1, 0.15) is 0 Å². The van der Waals surface area contributed by atoms with Crippen molar-refractivity contribution in [3.05, 3.63) is 84.9 Å². The highest BCUT2D eigenvalue weighted by Crippen LogP contribution is 2.27. The van der Waals surface area contributed by atoms with Crippen molar-refractivity contribution in [2.24, 2.45) is 5.14 Å². The first-order valence-corrected chi connectivity index (χ1v) is 9.65. The summed E-state index contributed by atoms with van der Waals surface area (Å²) < 4.78 is 22.8. The number of nitrogens with zero attached hydrogens (tertiary/aromatic N) is 1. The lowest BCUT2D eigenvalue weighted by atomic mass is 10.0. The maximum absolute atomic E-state index is 11.4. The van der Waals surface area contributed by atoms with E-state index in [4.69, 9.17) is 10.1 Å². The van der Waals surface area contributed by atoms with Gasteiger partial charge in [-0.25, -0.2) is 18.5 Å². The molecule has 26 heavy (non-hydrogen) atoms. The molecule has 0 saturated heterocycles. The summed E-state index contributed by atoms with van der Waals surface area (Å²) in [6.07, 6.45) is 0. The first-order chi connectivity index (χ1) is 12.5. The molecule has 0 spiro atoms. The molecule has 0 radical (unpaired) electrons. The van der Waals surface area contributed by atoms with Crippen molar-refractivity contribution in [3.8, 4) is 22.4 Å². The molecule has 0 aliphatic carbocycles. The van der Waals surface area contributed by atoms with Gasteiger partial charge in [-0.1, -0.05) is 54.6 Å². The molecule has 0 amide bonds. The zero-order valence-corrected chi connectivity index (χ0v) is 14.6. The van der Waals surface area contributed by atoms with Gasteiger partial charge in [0.2, 0.25) is 10.0 Å². The van der Waals surface area contributed by atoms with E-state index in [1.165, 1.54) is 12.1 Å². The van der Waals surface area contributed by atoms with Gasteiger partial charge < -0.3 is 0 Å². The molecule has 0 bridgehead atoms. The van der Waals surface area contributed by atoms with Crippen molar-refractivity contribution >= 4 is 20.9 Å². The maximum Gasteiger partial charge on any atom is 0.238 e. The predicted molar refractivity (Wildman–Crippen MR) is 104 cm³/mol. The van der Waals surface area contributed by atoms with Gasteiger partial charge in [0, 0.05) is 10.9 Å². The van der Waals surface area contributed by atoms with Crippen LogP contribution in [0.5, 0.6) is 0 Å². The van der Waals surface area contributed by atoms with Gasteiger partial charge >= 0.3 is 0 Å². The zero-order valence-electron chi connectivity index (χ0n) is 13.8. The maximum atomic E-state index is 11.4. The highest BCUT2D eigenvalue weighted by Gasteiger charge is 2.08. The van der Waals surface area contributed by atoms with Gasteiger partial charge in [-0.05, 0) is 41.5 Å². The number of hydrogen-bond acceptors (Lipinski definition) is 3. The summed E-state index contributed by atoms with van der Waals surface area (Å²) in [5, 5.41) is 6.26. The van der Waals surface area contributed by atoms with Crippen LogP contribution in [0.3, 0.4) is 0 Å². The summed E-state index contributed by atoms with van der Waals surface area (Å²) >= 11 is 0. The number of aromatic nitrogens is 1. The summed E-state index contributed by atoms with van der Waals surface area (Å²) in [5.74, 6) is 0. The second-order valence-electron chi connectivity index (χ2n) is 6.04. The predicted octanol–water partition coefficient (Wildman–Crippen LogP) is 4.22. The van der Waals surface area contributed by atoms with Gasteiger partial charge in [-0.3, -0.25) is 0 Å². The number of para-hydroxylation sites is 1. The van der Waals surface area contributed by atoms with Crippen molar-refractivity contribution in [3.63, 3.8) is 0 Å². The van der Waals surface area contributed by atoms with Crippen LogP contribution in [-0.4, -0.2) is 13.4 Å². The van der Waals surface area contributed by atoms with E-state index in [0.717, 1.165) is 33.3 Å². The molecule has 5 heteroatoms. The minimum Gasteiger partial charge on any atom is -0.248 e. The van der Waals surface area contributed by atoms with Gasteiger partial charge in [-0.2, -0.15) is 0 Å². The van der Waals surface area contributed by atoms with E-state index >= 15 is 0 Å². The van der Waals surface area contributed by atoms with E-state index in [1.807, 2.05) is 54.6 Å². The minimum atomic E-state index is -3.68. The van der Waals surface area contributed by atoms with Crippen LogP contribution in [0.25, 0.3) is 33.3 Å². The third-order valence-corrected chi connectivity index (χ3v) is 5.20. The Balaban J connectivity index is 1.74. The molecule has 2 N–H and O–H groups in total. The first kappa shape index (κ1) is 16.4. The van der Waals surface area contributed by atoms with Crippen LogP contribution in [0, 0.1) is 0 Å². The fourth-order valence-corrected chi connectivity index (χ4v) is 3.44. The quantitative estimate of drug-likeness (QED) is 0.594. The number of nitrogens with two attached hydrogens (primary N) is 1. The number of primary sulfonamides is 1. The number of pyridine rings is 1. The fraction of sp³-hybridized carbons (Fsp3) is 0. The van der Waals surface area contributed by atoms with Crippen LogP contribution >= 0.6 is 0 Å². The molecule has 1 heterocycles. The molecule has 0 aliphatic heterocycles. The molecule has 0 saturated carbocycles. The van der Waals surface area contributed by atoms with Gasteiger partial charge in [0.05, 0.1) is 16.1 Å². The second-order valence-corrected chi connectivity index (χ2v) is 7.60. The zero-order chi connectivity index (χ0) is 18.1. The number of benzene rings is 3. The Labute approximate surface area is 152 Å². The summed E-state index contributed by atoms with van der Waals surface area (Å²) in [7, 11) is -3.68. The Morgan fingerprint density at radius 2 is 1.42 bits per heavy atom. The van der Waals surface area contributed by atoms with Crippen molar-refractivity contribution in [2.75, 3.05) is 0 Å². The molecular formula is C21H16N2O2S. The van der Waals surface area contributed by atoms with Gasteiger partial charge in [0.15, 0.2) is 0 Å². The average molecular weight is 360 g/mol. The summed E-state index contributed by atoms with van der Waals surface area (Å²) in [4.78, 5) is 4.84. The van der Waals surface area contributed by atoms with Crippen molar-refractivity contribution in [1.29, 1.82) is 0 Å². The Kier molecular flexibility index (Phi) is 4.03. The topological polar surface area (TPSA) is 73.1 Å². The van der Waals surface area contributed by atoms with E-state index in [9.17, 15) is 8.42 Å². The molecular weight excluding hydrogens is 344 g/mol. The minimum absolute atomic E-state index is 0.105. The molecule has 4 rings (SSSR count). The lowest BCUT2D eigenvalue weighted by Crippen LogP contribution is -2.11. The molecule has 1 aromatic heterocycles. The van der Waals surface area contributed by atoms with Gasteiger partial charge in [0.25, 0.3) is 0 Å².